The lowest BCUT2D eigenvalue weighted by Gasteiger charge is -2.10. The third kappa shape index (κ3) is 1.64. The first kappa shape index (κ1) is 6.99. The monoisotopic (exact) mass is 131 g/mol. The Morgan fingerprint density at radius 3 is 2.89 bits per heavy atom. The van der Waals surface area contributed by atoms with E-state index in [1.165, 1.54) is 0 Å². The number of likely N-dealkylation sites (tertiary alicyclic amines) is 1. The summed E-state index contributed by atoms with van der Waals surface area (Å²) in [6.07, 6.45) is 1.40. The summed E-state index contributed by atoms with van der Waals surface area (Å²) in [5, 5.41) is 8.65. The van der Waals surface area contributed by atoms with Gasteiger partial charge in [0.1, 0.15) is 0 Å². The molecule has 1 atom stereocenters. The van der Waals surface area contributed by atoms with Gasteiger partial charge in [-0.3, -0.25) is 4.90 Å². The summed E-state index contributed by atoms with van der Waals surface area (Å²) >= 11 is 0. The maximum Gasteiger partial charge on any atom is 0.0957 e. The third-order valence-electron chi connectivity index (χ3n) is 1.76. The number of nitrogens with zero attached hydrogens (tertiary/aromatic N) is 1. The molecule has 0 amide bonds. The molecule has 0 spiro atoms. The van der Waals surface area contributed by atoms with Crippen LogP contribution in [0.1, 0.15) is 6.42 Å². The molecule has 0 aromatic rings. The van der Waals surface area contributed by atoms with Gasteiger partial charge in [-0.15, -0.1) is 0 Å². The smallest absolute Gasteiger partial charge is 0.0957 e. The van der Waals surface area contributed by atoms with Crippen LogP contribution in [0.5, 0.6) is 0 Å². The van der Waals surface area contributed by atoms with E-state index in [-0.39, 0.29) is 6.73 Å². The highest BCUT2D eigenvalue weighted by Gasteiger charge is 2.20. The molecule has 1 fully saturated rings. The zero-order valence-corrected chi connectivity index (χ0v) is 5.71. The van der Waals surface area contributed by atoms with Gasteiger partial charge in [0.25, 0.3) is 0 Å². The maximum atomic E-state index is 8.65. The Morgan fingerprint density at radius 2 is 2.56 bits per heavy atom. The summed E-state index contributed by atoms with van der Waals surface area (Å²) in [5.74, 6) is 0. The molecule has 0 saturated carbocycles. The highest BCUT2D eigenvalue weighted by atomic mass is 16.5. The number of methoxy groups -OCH3 is 1. The van der Waals surface area contributed by atoms with Crippen LogP contribution < -0.4 is 0 Å². The van der Waals surface area contributed by atoms with Crippen molar-refractivity contribution in [3.63, 3.8) is 0 Å². The van der Waals surface area contributed by atoms with E-state index < -0.39 is 0 Å². The van der Waals surface area contributed by atoms with E-state index in [4.69, 9.17) is 9.84 Å². The van der Waals surface area contributed by atoms with E-state index in [0.717, 1.165) is 19.5 Å². The highest BCUT2D eigenvalue weighted by molar-refractivity contribution is 4.72. The fraction of sp³-hybridized carbons (Fsp3) is 1.00. The molecule has 0 aromatic heterocycles. The van der Waals surface area contributed by atoms with Gasteiger partial charge in [-0.1, -0.05) is 0 Å². The van der Waals surface area contributed by atoms with Crippen LogP contribution in [0.15, 0.2) is 0 Å². The summed E-state index contributed by atoms with van der Waals surface area (Å²) in [7, 11) is 1.71. The van der Waals surface area contributed by atoms with Crippen LogP contribution in [-0.4, -0.2) is 43.0 Å². The number of aliphatic hydroxyl groups excluding tert-OH is 1. The first-order valence-corrected chi connectivity index (χ1v) is 3.23. The minimum atomic E-state index is 0.167. The van der Waals surface area contributed by atoms with Crippen molar-refractivity contribution < 1.29 is 9.84 Å². The predicted molar refractivity (Wildman–Crippen MR) is 34.1 cm³/mol. The van der Waals surface area contributed by atoms with E-state index in [1.54, 1.807) is 7.11 Å². The lowest BCUT2D eigenvalue weighted by atomic mass is 10.3. The average molecular weight is 131 g/mol. The fourth-order valence-electron chi connectivity index (χ4n) is 1.12. The second-order valence-corrected chi connectivity index (χ2v) is 2.36. The number of ether oxygens (including phenoxy) is 1. The van der Waals surface area contributed by atoms with E-state index in [2.05, 4.69) is 0 Å². The van der Waals surface area contributed by atoms with Crippen LogP contribution in [0, 0.1) is 0 Å². The molecule has 0 bridgehead atoms. The minimum absolute atomic E-state index is 0.167. The van der Waals surface area contributed by atoms with E-state index >= 15 is 0 Å². The topological polar surface area (TPSA) is 32.7 Å². The molecule has 3 heteroatoms. The van der Waals surface area contributed by atoms with Gasteiger partial charge in [-0.25, -0.2) is 0 Å². The Hall–Kier alpha value is -0.120. The largest absolute Gasteiger partial charge is 0.381 e. The standard InChI is InChI=1S/C6H13NO2/c1-9-6-2-3-7(4-6)5-8/h6,8H,2-5H2,1H3. The van der Waals surface area contributed by atoms with Crippen LogP contribution in [-0.2, 0) is 4.74 Å². The molecule has 1 aliphatic heterocycles. The van der Waals surface area contributed by atoms with Crippen molar-refractivity contribution in [2.24, 2.45) is 0 Å². The average Bonchev–Trinajstić information content (AvgIpc) is 2.34. The number of rotatable bonds is 2. The zero-order valence-electron chi connectivity index (χ0n) is 5.71. The van der Waals surface area contributed by atoms with Crippen LogP contribution >= 0.6 is 0 Å². The minimum Gasteiger partial charge on any atom is -0.381 e. The van der Waals surface area contributed by atoms with E-state index in [9.17, 15) is 0 Å². The van der Waals surface area contributed by atoms with Crippen molar-refractivity contribution in [2.75, 3.05) is 26.9 Å². The highest BCUT2D eigenvalue weighted by Crippen LogP contribution is 2.09. The van der Waals surface area contributed by atoms with E-state index in [0.29, 0.717) is 6.10 Å². The molecule has 1 unspecified atom stereocenters. The fourth-order valence-corrected chi connectivity index (χ4v) is 1.12. The summed E-state index contributed by atoms with van der Waals surface area (Å²) in [6.45, 7) is 2.02. The van der Waals surface area contributed by atoms with Crippen molar-refractivity contribution in [3.05, 3.63) is 0 Å². The molecule has 0 aliphatic carbocycles. The van der Waals surface area contributed by atoms with Gasteiger partial charge in [-0.05, 0) is 6.42 Å². The zero-order chi connectivity index (χ0) is 6.69. The maximum absolute atomic E-state index is 8.65. The number of hydrogen-bond acceptors (Lipinski definition) is 3. The van der Waals surface area contributed by atoms with Crippen molar-refractivity contribution in [1.82, 2.24) is 4.90 Å². The normalized spacial score (nSPS) is 29.3. The first-order valence-electron chi connectivity index (χ1n) is 3.23. The molecule has 0 radical (unpaired) electrons. The Balaban J connectivity index is 2.20. The molecule has 1 saturated heterocycles. The molecule has 1 aliphatic rings. The van der Waals surface area contributed by atoms with Gasteiger partial charge in [-0.2, -0.15) is 0 Å². The lowest BCUT2D eigenvalue weighted by molar-refractivity contribution is 0.0821. The van der Waals surface area contributed by atoms with Crippen molar-refractivity contribution >= 4 is 0 Å². The molecule has 1 N–H and O–H groups in total. The van der Waals surface area contributed by atoms with Gasteiger partial charge < -0.3 is 9.84 Å². The van der Waals surface area contributed by atoms with Crippen molar-refractivity contribution in [1.29, 1.82) is 0 Å². The van der Waals surface area contributed by atoms with Gasteiger partial charge in [0, 0.05) is 20.2 Å². The van der Waals surface area contributed by atoms with Gasteiger partial charge >= 0.3 is 0 Å². The van der Waals surface area contributed by atoms with E-state index in [1.807, 2.05) is 4.90 Å². The Labute approximate surface area is 55.2 Å². The second kappa shape index (κ2) is 3.15. The molecule has 9 heavy (non-hydrogen) atoms. The van der Waals surface area contributed by atoms with Crippen LogP contribution in [0.3, 0.4) is 0 Å². The molecule has 0 aromatic carbocycles. The first-order chi connectivity index (χ1) is 4.36. The SMILES string of the molecule is COC1CCN(CO)C1. The quantitative estimate of drug-likeness (QED) is 0.556. The Kier molecular flexibility index (Phi) is 2.45. The summed E-state index contributed by atoms with van der Waals surface area (Å²) in [4.78, 5) is 1.97. The Bertz CT molecular complexity index is 77.1. The third-order valence-corrected chi connectivity index (χ3v) is 1.76. The van der Waals surface area contributed by atoms with Gasteiger partial charge in [0.2, 0.25) is 0 Å². The Morgan fingerprint density at radius 1 is 1.78 bits per heavy atom. The molecule has 1 heterocycles. The number of hydrogen-bond donors (Lipinski definition) is 1. The molecular formula is C6H13NO2. The predicted octanol–water partition coefficient (Wildman–Crippen LogP) is -0.343. The second-order valence-electron chi connectivity index (χ2n) is 2.36. The molecular weight excluding hydrogens is 118 g/mol. The van der Waals surface area contributed by atoms with Crippen LogP contribution in [0.25, 0.3) is 0 Å². The molecule has 1 rings (SSSR count). The molecule has 3 nitrogen and oxygen atoms in total. The summed E-state index contributed by atoms with van der Waals surface area (Å²) in [5.41, 5.74) is 0. The molecule has 54 valence electrons. The van der Waals surface area contributed by atoms with Gasteiger partial charge in [0.05, 0.1) is 12.8 Å². The summed E-state index contributed by atoms with van der Waals surface area (Å²) in [6, 6.07) is 0. The van der Waals surface area contributed by atoms with Crippen molar-refractivity contribution in [2.45, 2.75) is 12.5 Å². The van der Waals surface area contributed by atoms with Gasteiger partial charge in [0.15, 0.2) is 0 Å². The lowest BCUT2D eigenvalue weighted by Crippen LogP contribution is -2.23. The number of aliphatic hydroxyl groups is 1. The van der Waals surface area contributed by atoms with Crippen LogP contribution in [0.4, 0.5) is 0 Å². The summed E-state index contributed by atoms with van der Waals surface area (Å²) < 4.78 is 5.09. The van der Waals surface area contributed by atoms with Crippen molar-refractivity contribution in [3.8, 4) is 0 Å². The van der Waals surface area contributed by atoms with Crippen LogP contribution in [0.2, 0.25) is 0 Å².